The Hall–Kier alpha value is -0.680. The van der Waals surface area contributed by atoms with Crippen LogP contribution in [0.5, 0.6) is 0 Å². The van der Waals surface area contributed by atoms with Gasteiger partial charge in [-0.2, -0.15) is 0 Å². The molecule has 1 saturated carbocycles. The summed E-state index contributed by atoms with van der Waals surface area (Å²) in [6.07, 6.45) is 6.19. The summed E-state index contributed by atoms with van der Waals surface area (Å²) < 4.78 is 5.10. The number of hydrogen-bond donors (Lipinski definition) is 2. The molecule has 0 aromatic rings. The fourth-order valence-electron chi connectivity index (χ4n) is 2.26. The minimum atomic E-state index is -0.486. The maximum absolute atomic E-state index is 11.7. The smallest absolute Gasteiger partial charge is 0.246 e. The first kappa shape index (κ1) is 14.4. The van der Waals surface area contributed by atoms with Crippen molar-refractivity contribution in [2.75, 3.05) is 13.2 Å². The van der Waals surface area contributed by atoms with Gasteiger partial charge >= 0.3 is 0 Å². The molecular weight excluding hydrogens is 236 g/mol. The highest BCUT2D eigenvalue weighted by molar-refractivity contribution is 7.80. The Bertz CT molecular complexity index is 274. The fraction of sp³-hybridized carbons (Fsp3) is 0.833. The molecule has 1 aliphatic carbocycles. The molecule has 5 heteroatoms. The third-order valence-corrected chi connectivity index (χ3v) is 3.64. The number of hydrogen-bond acceptors (Lipinski definition) is 3. The van der Waals surface area contributed by atoms with Crippen molar-refractivity contribution >= 4 is 23.1 Å². The Kier molecular flexibility index (Phi) is 5.85. The molecule has 98 valence electrons. The molecule has 0 spiro atoms. The molecule has 0 radical (unpaired) electrons. The Morgan fingerprint density at radius 3 is 2.41 bits per heavy atom. The van der Waals surface area contributed by atoms with Gasteiger partial charge in [0.1, 0.15) is 6.61 Å². The van der Waals surface area contributed by atoms with Gasteiger partial charge in [-0.3, -0.25) is 4.79 Å². The van der Waals surface area contributed by atoms with Gasteiger partial charge in [-0.25, -0.2) is 0 Å². The van der Waals surface area contributed by atoms with Crippen LogP contribution in [0.2, 0.25) is 0 Å². The predicted molar refractivity (Wildman–Crippen MR) is 71.9 cm³/mol. The molecule has 0 bridgehead atoms. The van der Waals surface area contributed by atoms with Crippen molar-refractivity contribution in [3.05, 3.63) is 0 Å². The summed E-state index contributed by atoms with van der Waals surface area (Å²) in [5.74, 6) is -0.124. The van der Waals surface area contributed by atoms with E-state index in [-0.39, 0.29) is 12.5 Å². The number of ether oxygens (including phenoxy) is 1. The SMILES string of the molecule is CCOCC(=O)NC1(C(N)=S)CCCCCC1. The highest BCUT2D eigenvalue weighted by Crippen LogP contribution is 2.27. The molecule has 0 saturated heterocycles. The van der Waals surface area contributed by atoms with E-state index in [4.69, 9.17) is 22.7 Å². The van der Waals surface area contributed by atoms with Crippen LogP contribution in [0.4, 0.5) is 0 Å². The van der Waals surface area contributed by atoms with Crippen LogP contribution in [0, 0.1) is 0 Å². The Balaban J connectivity index is 2.63. The van der Waals surface area contributed by atoms with Crippen LogP contribution in [0.15, 0.2) is 0 Å². The molecule has 1 fully saturated rings. The molecule has 0 unspecified atom stereocenters. The first-order valence-corrected chi connectivity index (χ1v) is 6.70. The van der Waals surface area contributed by atoms with Gasteiger partial charge < -0.3 is 15.8 Å². The van der Waals surface area contributed by atoms with Gasteiger partial charge in [0.15, 0.2) is 0 Å². The van der Waals surface area contributed by atoms with E-state index < -0.39 is 5.54 Å². The Labute approximate surface area is 108 Å². The largest absolute Gasteiger partial charge is 0.391 e. The van der Waals surface area contributed by atoms with Gasteiger partial charge in [0, 0.05) is 6.61 Å². The van der Waals surface area contributed by atoms with E-state index in [9.17, 15) is 4.79 Å². The summed E-state index contributed by atoms with van der Waals surface area (Å²) in [6.45, 7) is 2.48. The molecule has 0 aromatic carbocycles. The fourth-order valence-corrected chi connectivity index (χ4v) is 2.52. The first-order valence-electron chi connectivity index (χ1n) is 6.29. The summed E-state index contributed by atoms with van der Waals surface area (Å²) in [5, 5.41) is 2.98. The van der Waals surface area contributed by atoms with Crippen LogP contribution in [0.1, 0.15) is 45.4 Å². The van der Waals surface area contributed by atoms with Gasteiger partial charge in [0.2, 0.25) is 5.91 Å². The minimum Gasteiger partial charge on any atom is -0.391 e. The number of thiocarbonyl (C=S) groups is 1. The molecule has 1 aliphatic rings. The minimum absolute atomic E-state index is 0.0842. The molecule has 0 aliphatic heterocycles. The monoisotopic (exact) mass is 258 g/mol. The Morgan fingerprint density at radius 2 is 1.94 bits per heavy atom. The van der Waals surface area contributed by atoms with Gasteiger partial charge in [0.05, 0.1) is 10.5 Å². The van der Waals surface area contributed by atoms with E-state index in [1.54, 1.807) is 0 Å². The van der Waals surface area contributed by atoms with Gasteiger partial charge in [-0.05, 0) is 19.8 Å². The summed E-state index contributed by atoms with van der Waals surface area (Å²) >= 11 is 5.14. The van der Waals surface area contributed by atoms with E-state index in [2.05, 4.69) is 5.32 Å². The second-order valence-electron chi connectivity index (χ2n) is 4.55. The van der Waals surface area contributed by atoms with E-state index in [0.29, 0.717) is 11.6 Å². The third kappa shape index (κ3) is 4.24. The summed E-state index contributed by atoms with van der Waals surface area (Å²) in [4.78, 5) is 12.1. The van der Waals surface area contributed by atoms with Crippen LogP contribution in [0.3, 0.4) is 0 Å². The summed E-state index contributed by atoms with van der Waals surface area (Å²) in [5.41, 5.74) is 5.34. The number of carbonyl (C=O) groups is 1. The molecule has 0 aromatic heterocycles. The van der Waals surface area contributed by atoms with Crippen molar-refractivity contribution in [2.24, 2.45) is 5.73 Å². The quantitative estimate of drug-likeness (QED) is 0.579. The van der Waals surface area contributed by atoms with Gasteiger partial charge in [0.25, 0.3) is 0 Å². The van der Waals surface area contributed by atoms with E-state index in [1.807, 2.05) is 6.92 Å². The normalized spacial score (nSPS) is 19.4. The molecule has 3 N–H and O–H groups in total. The zero-order valence-electron chi connectivity index (χ0n) is 10.5. The molecule has 0 atom stereocenters. The Morgan fingerprint density at radius 1 is 1.35 bits per heavy atom. The van der Waals surface area contributed by atoms with E-state index in [0.717, 1.165) is 25.7 Å². The van der Waals surface area contributed by atoms with Crippen LogP contribution >= 0.6 is 12.2 Å². The van der Waals surface area contributed by atoms with Crippen molar-refractivity contribution in [3.8, 4) is 0 Å². The average Bonchev–Trinajstić information content (AvgIpc) is 2.53. The lowest BCUT2D eigenvalue weighted by Crippen LogP contribution is -2.57. The van der Waals surface area contributed by atoms with Gasteiger partial charge in [-0.1, -0.05) is 37.9 Å². The van der Waals surface area contributed by atoms with Crippen molar-refractivity contribution in [2.45, 2.75) is 51.0 Å². The van der Waals surface area contributed by atoms with E-state index >= 15 is 0 Å². The standard InChI is InChI=1S/C12H22N2O2S/c1-2-16-9-10(15)14-12(11(13)17)7-5-3-4-6-8-12/h2-9H2,1H3,(H2,13,17)(H,14,15). The lowest BCUT2D eigenvalue weighted by Gasteiger charge is -2.32. The molecule has 17 heavy (non-hydrogen) atoms. The third-order valence-electron chi connectivity index (χ3n) is 3.24. The highest BCUT2D eigenvalue weighted by Gasteiger charge is 2.35. The lowest BCUT2D eigenvalue weighted by atomic mass is 9.90. The van der Waals surface area contributed by atoms with Crippen molar-refractivity contribution < 1.29 is 9.53 Å². The molecule has 1 amide bonds. The highest BCUT2D eigenvalue weighted by atomic mass is 32.1. The maximum atomic E-state index is 11.7. The summed E-state index contributed by atoms with van der Waals surface area (Å²) in [6, 6.07) is 0. The van der Waals surface area contributed by atoms with E-state index in [1.165, 1.54) is 12.8 Å². The number of nitrogens with one attached hydrogen (secondary N) is 1. The van der Waals surface area contributed by atoms with Crippen LogP contribution in [-0.4, -0.2) is 29.6 Å². The van der Waals surface area contributed by atoms with Gasteiger partial charge in [-0.15, -0.1) is 0 Å². The van der Waals surface area contributed by atoms with Crippen molar-refractivity contribution in [1.29, 1.82) is 0 Å². The second kappa shape index (κ2) is 6.91. The maximum Gasteiger partial charge on any atom is 0.246 e. The number of nitrogens with two attached hydrogens (primary N) is 1. The lowest BCUT2D eigenvalue weighted by molar-refractivity contribution is -0.126. The molecule has 0 heterocycles. The average molecular weight is 258 g/mol. The number of amides is 1. The summed E-state index contributed by atoms with van der Waals surface area (Å²) in [7, 11) is 0. The first-order chi connectivity index (χ1) is 8.10. The topological polar surface area (TPSA) is 64.3 Å². The zero-order chi connectivity index (χ0) is 12.7. The zero-order valence-corrected chi connectivity index (χ0v) is 11.3. The van der Waals surface area contributed by atoms with Crippen LogP contribution in [0.25, 0.3) is 0 Å². The predicted octanol–water partition coefficient (Wildman–Crippen LogP) is 1.52. The molecular formula is C12H22N2O2S. The van der Waals surface area contributed by atoms with Crippen molar-refractivity contribution in [3.63, 3.8) is 0 Å². The van der Waals surface area contributed by atoms with Crippen LogP contribution in [-0.2, 0) is 9.53 Å². The number of carbonyl (C=O) groups excluding carboxylic acids is 1. The molecule has 1 rings (SSSR count). The van der Waals surface area contributed by atoms with Crippen molar-refractivity contribution in [1.82, 2.24) is 5.32 Å². The number of rotatable bonds is 5. The second-order valence-corrected chi connectivity index (χ2v) is 4.99. The molecule has 4 nitrogen and oxygen atoms in total. The van der Waals surface area contributed by atoms with Crippen LogP contribution < -0.4 is 11.1 Å².